The summed E-state index contributed by atoms with van der Waals surface area (Å²) in [5.74, 6) is 0.205. The van der Waals surface area contributed by atoms with Gasteiger partial charge in [0.05, 0.1) is 29.9 Å². The molecule has 1 saturated heterocycles. The maximum Gasteiger partial charge on any atom is 0.246 e. The van der Waals surface area contributed by atoms with E-state index in [1.807, 2.05) is 55.5 Å². The third kappa shape index (κ3) is 4.58. The van der Waals surface area contributed by atoms with Gasteiger partial charge < -0.3 is 10.1 Å². The van der Waals surface area contributed by atoms with Crippen molar-refractivity contribution in [1.29, 1.82) is 0 Å². The number of aromatic nitrogens is 2. The van der Waals surface area contributed by atoms with Gasteiger partial charge >= 0.3 is 0 Å². The highest BCUT2D eigenvalue weighted by molar-refractivity contribution is 7.89. The number of nitrogens with one attached hydrogen (secondary N) is 1. The molecule has 180 valence electrons. The lowest BCUT2D eigenvalue weighted by Crippen LogP contribution is -2.41. The minimum absolute atomic E-state index is 0.120. The number of hydrogen-bond acceptors (Lipinski definition) is 5. The summed E-state index contributed by atoms with van der Waals surface area (Å²) in [4.78, 5) is 13.1. The highest BCUT2D eigenvalue weighted by Gasteiger charge is 2.35. The lowest BCUT2D eigenvalue weighted by atomic mass is 9.97. The summed E-state index contributed by atoms with van der Waals surface area (Å²) in [5, 5.41) is 7.44. The fourth-order valence-electron chi connectivity index (χ4n) is 4.46. The molecule has 1 amide bonds. The van der Waals surface area contributed by atoms with Crippen LogP contribution in [-0.2, 0) is 14.8 Å². The molecule has 0 aliphatic carbocycles. The smallest absolute Gasteiger partial charge is 0.246 e. The van der Waals surface area contributed by atoms with Crippen molar-refractivity contribution in [3.63, 3.8) is 0 Å². The summed E-state index contributed by atoms with van der Waals surface area (Å²) in [6.07, 6.45) is 0.897. The number of para-hydroxylation sites is 1. The summed E-state index contributed by atoms with van der Waals surface area (Å²) >= 11 is 0. The van der Waals surface area contributed by atoms with Crippen LogP contribution in [0.3, 0.4) is 0 Å². The fraction of sp³-hybridized carbons (Fsp3) is 0.360. The molecule has 0 bridgehead atoms. The van der Waals surface area contributed by atoms with Crippen LogP contribution in [0, 0.1) is 26.7 Å². The first kappa shape index (κ1) is 24.0. The molecule has 1 aliphatic heterocycles. The molecular formula is C25H30N4O4S. The highest BCUT2D eigenvalue weighted by atomic mass is 32.2. The normalized spacial score (nSPS) is 15.3. The quantitative estimate of drug-likeness (QED) is 0.576. The van der Waals surface area contributed by atoms with Gasteiger partial charge in [-0.2, -0.15) is 9.40 Å². The van der Waals surface area contributed by atoms with Gasteiger partial charge in [0, 0.05) is 19.0 Å². The highest BCUT2D eigenvalue weighted by Crippen LogP contribution is 2.31. The van der Waals surface area contributed by atoms with Crippen molar-refractivity contribution in [3.05, 3.63) is 65.5 Å². The molecule has 9 heteroatoms. The second kappa shape index (κ2) is 9.60. The summed E-state index contributed by atoms with van der Waals surface area (Å²) in [6, 6.07) is 15.1. The van der Waals surface area contributed by atoms with E-state index in [1.165, 1.54) is 4.31 Å². The maximum atomic E-state index is 13.5. The van der Waals surface area contributed by atoms with Gasteiger partial charge in [-0.15, -0.1) is 0 Å². The standard InChI is InChI=1S/C25H30N4O4S/c1-17-10-11-23(33-4)22(16-17)26-25(30)20-12-14-28(15-13-20)34(31,32)24-18(2)27-29(19(24)3)21-8-6-5-7-9-21/h5-11,16,20H,12-15H2,1-4H3,(H,26,30). The molecule has 8 nitrogen and oxygen atoms in total. The molecule has 0 unspecified atom stereocenters. The largest absolute Gasteiger partial charge is 0.495 e. The zero-order chi connectivity index (χ0) is 24.5. The number of amides is 1. The molecule has 0 spiro atoms. The fourth-order valence-corrected chi connectivity index (χ4v) is 6.29. The van der Waals surface area contributed by atoms with Crippen molar-refractivity contribution < 1.29 is 17.9 Å². The van der Waals surface area contributed by atoms with Crippen LogP contribution in [0.1, 0.15) is 29.8 Å². The van der Waals surface area contributed by atoms with Crippen LogP contribution in [0.15, 0.2) is 53.4 Å². The molecule has 34 heavy (non-hydrogen) atoms. The van der Waals surface area contributed by atoms with E-state index in [-0.39, 0.29) is 29.8 Å². The summed E-state index contributed by atoms with van der Waals surface area (Å²) in [5.41, 5.74) is 3.50. The molecular weight excluding hydrogens is 452 g/mol. The van der Waals surface area contributed by atoms with E-state index >= 15 is 0 Å². The van der Waals surface area contributed by atoms with Crippen LogP contribution in [-0.4, -0.2) is 48.6 Å². The number of ether oxygens (including phenoxy) is 1. The van der Waals surface area contributed by atoms with Gasteiger partial charge in [-0.3, -0.25) is 4.79 Å². The molecule has 0 atom stereocenters. The van der Waals surface area contributed by atoms with Crippen LogP contribution >= 0.6 is 0 Å². The van der Waals surface area contributed by atoms with Gasteiger partial charge in [-0.25, -0.2) is 13.1 Å². The number of sulfonamides is 1. The number of anilines is 1. The Bertz CT molecular complexity index is 1290. The van der Waals surface area contributed by atoms with E-state index in [0.29, 0.717) is 35.7 Å². The van der Waals surface area contributed by atoms with Gasteiger partial charge in [0.15, 0.2) is 0 Å². The number of carbonyl (C=O) groups is 1. The maximum absolute atomic E-state index is 13.5. The number of hydrogen-bond donors (Lipinski definition) is 1. The van der Waals surface area contributed by atoms with Gasteiger partial charge in [0.1, 0.15) is 10.6 Å². The molecule has 2 heterocycles. The average Bonchev–Trinajstić information content (AvgIpc) is 3.14. The molecule has 3 aromatic rings. The molecule has 2 aromatic carbocycles. The first-order chi connectivity index (χ1) is 16.2. The molecule has 0 radical (unpaired) electrons. The van der Waals surface area contributed by atoms with Gasteiger partial charge in [-0.1, -0.05) is 24.3 Å². The van der Waals surface area contributed by atoms with E-state index in [1.54, 1.807) is 25.6 Å². The number of rotatable bonds is 6. The second-order valence-electron chi connectivity index (χ2n) is 8.62. The van der Waals surface area contributed by atoms with Gasteiger partial charge in [0.25, 0.3) is 0 Å². The summed E-state index contributed by atoms with van der Waals surface area (Å²) < 4.78 is 35.5. The Morgan fingerprint density at radius 2 is 1.74 bits per heavy atom. The van der Waals surface area contributed by atoms with Crippen LogP contribution in [0.25, 0.3) is 5.69 Å². The van der Waals surface area contributed by atoms with Crippen molar-refractivity contribution >= 4 is 21.6 Å². The van der Waals surface area contributed by atoms with Crippen LogP contribution in [0.2, 0.25) is 0 Å². The lowest BCUT2D eigenvalue weighted by molar-refractivity contribution is -0.120. The molecule has 1 N–H and O–H groups in total. The number of nitrogens with zero attached hydrogens (tertiary/aromatic N) is 3. The lowest BCUT2D eigenvalue weighted by Gasteiger charge is -2.30. The van der Waals surface area contributed by atoms with Gasteiger partial charge in [0.2, 0.25) is 15.9 Å². The first-order valence-electron chi connectivity index (χ1n) is 11.3. The van der Waals surface area contributed by atoms with E-state index in [9.17, 15) is 13.2 Å². The average molecular weight is 483 g/mol. The Morgan fingerprint density at radius 3 is 2.38 bits per heavy atom. The summed E-state index contributed by atoms with van der Waals surface area (Å²) in [7, 11) is -2.17. The van der Waals surface area contributed by atoms with Crippen molar-refractivity contribution in [2.45, 2.75) is 38.5 Å². The summed E-state index contributed by atoms with van der Waals surface area (Å²) in [6.45, 7) is 5.99. The molecule has 1 aliphatic rings. The number of piperidine rings is 1. The van der Waals surface area contributed by atoms with Crippen LogP contribution < -0.4 is 10.1 Å². The third-order valence-corrected chi connectivity index (χ3v) is 8.41. The van der Waals surface area contributed by atoms with E-state index in [4.69, 9.17) is 4.74 Å². The molecule has 1 aromatic heterocycles. The third-order valence-electron chi connectivity index (χ3n) is 6.26. The Hall–Kier alpha value is -3.17. The second-order valence-corrected chi connectivity index (χ2v) is 10.5. The van der Waals surface area contributed by atoms with Gasteiger partial charge in [-0.05, 0) is 63.4 Å². The molecule has 0 saturated carbocycles. The Balaban J connectivity index is 1.48. The molecule has 4 rings (SSSR count). The minimum Gasteiger partial charge on any atom is -0.495 e. The van der Waals surface area contributed by atoms with Crippen molar-refractivity contribution in [1.82, 2.24) is 14.1 Å². The number of carbonyl (C=O) groups excluding carboxylic acids is 1. The monoisotopic (exact) mass is 482 g/mol. The molecule has 1 fully saturated rings. The first-order valence-corrected chi connectivity index (χ1v) is 12.7. The number of methoxy groups -OCH3 is 1. The van der Waals surface area contributed by atoms with E-state index in [2.05, 4.69) is 10.4 Å². The van der Waals surface area contributed by atoms with Crippen LogP contribution in [0.4, 0.5) is 5.69 Å². The van der Waals surface area contributed by atoms with Crippen molar-refractivity contribution in [2.24, 2.45) is 5.92 Å². The predicted molar refractivity (Wildman–Crippen MR) is 131 cm³/mol. The zero-order valence-electron chi connectivity index (χ0n) is 19.9. The SMILES string of the molecule is COc1ccc(C)cc1NC(=O)C1CCN(S(=O)(=O)c2c(C)nn(-c3ccccc3)c2C)CC1. The Kier molecular flexibility index (Phi) is 6.77. The number of benzene rings is 2. The van der Waals surface area contributed by atoms with Crippen molar-refractivity contribution in [3.8, 4) is 11.4 Å². The van der Waals surface area contributed by atoms with E-state index < -0.39 is 10.0 Å². The predicted octanol–water partition coefficient (Wildman–Crippen LogP) is 3.85. The zero-order valence-corrected chi connectivity index (χ0v) is 20.7. The Morgan fingerprint density at radius 1 is 1.06 bits per heavy atom. The number of aryl methyl sites for hydroxylation is 2. The van der Waals surface area contributed by atoms with Crippen LogP contribution in [0.5, 0.6) is 5.75 Å². The Labute approximate surface area is 200 Å². The van der Waals surface area contributed by atoms with Crippen molar-refractivity contribution in [2.75, 3.05) is 25.5 Å². The van der Waals surface area contributed by atoms with E-state index in [0.717, 1.165) is 11.3 Å². The minimum atomic E-state index is -3.74. The topological polar surface area (TPSA) is 93.5 Å².